The Morgan fingerprint density at radius 3 is 3.29 bits per heavy atom. The molecule has 5 heteroatoms. The van der Waals surface area contributed by atoms with E-state index in [1.807, 2.05) is 13.2 Å². The minimum Gasteiger partial charge on any atom is -0.349 e. The van der Waals surface area contributed by atoms with Crippen molar-refractivity contribution in [1.82, 2.24) is 20.2 Å². The molecule has 1 aromatic rings. The summed E-state index contributed by atoms with van der Waals surface area (Å²) in [4.78, 5) is 13.7. The average molecular weight is 193 g/mol. The third kappa shape index (κ3) is 2.04. The van der Waals surface area contributed by atoms with Gasteiger partial charge >= 0.3 is 0 Å². The smallest absolute Gasteiger partial charge is 0.194 e. The molecular formula is C9H15N5. The standard InChI is InChI=1S/C9H15N5/c1-14-6-2-3-12-9(14)13-7-8-10-4-5-11-8/h4-5H,2-3,6-7H2,1H3,(H,10,11)(H,12,13). The number of aromatic nitrogens is 2. The van der Waals surface area contributed by atoms with E-state index in [0.717, 1.165) is 31.3 Å². The first-order valence-electron chi connectivity index (χ1n) is 4.84. The van der Waals surface area contributed by atoms with Crippen LogP contribution < -0.4 is 5.32 Å². The fourth-order valence-corrected chi connectivity index (χ4v) is 1.47. The number of aliphatic imine (C=N–C) groups is 1. The molecular weight excluding hydrogens is 178 g/mol. The van der Waals surface area contributed by atoms with Crippen LogP contribution in [0.3, 0.4) is 0 Å². The fraction of sp³-hybridized carbons (Fsp3) is 0.556. The Bertz CT molecular complexity index is 303. The molecule has 2 heterocycles. The van der Waals surface area contributed by atoms with Gasteiger partial charge in [-0.15, -0.1) is 0 Å². The van der Waals surface area contributed by atoms with Crippen molar-refractivity contribution >= 4 is 5.96 Å². The second-order valence-corrected chi connectivity index (χ2v) is 3.37. The molecule has 1 aliphatic heterocycles. The molecule has 0 saturated heterocycles. The first-order chi connectivity index (χ1) is 6.86. The van der Waals surface area contributed by atoms with E-state index in [0.29, 0.717) is 6.54 Å². The molecule has 1 aliphatic rings. The van der Waals surface area contributed by atoms with Gasteiger partial charge in [-0.05, 0) is 6.42 Å². The van der Waals surface area contributed by atoms with Gasteiger partial charge in [-0.3, -0.25) is 4.99 Å². The lowest BCUT2D eigenvalue weighted by molar-refractivity contribution is 0.445. The molecule has 0 aromatic carbocycles. The van der Waals surface area contributed by atoms with Crippen LogP contribution in [0.25, 0.3) is 0 Å². The minimum atomic E-state index is 0.705. The molecule has 14 heavy (non-hydrogen) atoms. The Morgan fingerprint density at radius 2 is 2.57 bits per heavy atom. The Morgan fingerprint density at radius 1 is 1.64 bits per heavy atom. The number of H-pyrrole nitrogens is 1. The van der Waals surface area contributed by atoms with E-state index in [-0.39, 0.29) is 0 Å². The van der Waals surface area contributed by atoms with Crippen LogP contribution in [0, 0.1) is 0 Å². The van der Waals surface area contributed by atoms with Crippen LogP contribution in [-0.2, 0) is 6.54 Å². The molecule has 0 fully saturated rings. The summed E-state index contributed by atoms with van der Waals surface area (Å²) < 4.78 is 0. The van der Waals surface area contributed by atoms with Crippen molar-refractivity contribution in [3.63, 3.8) is 0 Å². The van der Waals surface area contributed by atoms with Gasteiger partial charge in [0.1, 0.15) is 5.82 Å². The van der Waals surface area contributed by atoms with Crippen LogP contribution in [0.15, 0.2) is 17.4 Å². The highest BCUT2D eigenvalue weighted by atomic mass is 15.3. The van der Waals surface area contributed by atoms with E-state index < -0.39 is 0 Å². The van der Waals surface area contributed by atoms with Crippen molar-refractivity contribution < 1.29 is 0 Å². The number of rotatable bonds is 2. The lowest BCUT2D eigenvalue weighted by atomic mass is 10.3. The summed E-state index contributed by atoms with van der Waals surface area (Å²) in [6.45, 7) is 2.70. The van der Waals surface area contributed by atoms with Gasteiger partial charge in [0.25, 0.3) is 0 Å². The van der Waals surface area contributed by atoms with Crippen molar-refractivity contribution in [3.05, 3.63) is 18.2 Å². The minimum absolute atomic E-state index is 0.705. The summed E-state index contributed by atoms with van der Waals surface area (Å²) in [7, 11) is 2.05. The van der Waals surface area contributed by atoms with Gasteiger partial charge in [0, 0.05) is 32.5 Å². The molecule has 0 saturated carbocycles. The Kier molecular flexibility index (Phi) is 2.67. The van der Waals surface area contributed by atoms with Crippen molar-refractivity contribution in [2.24, 2.45) is 4.99 Å². The maximum absolute atomic E-state index is 4.40. The summed E-state index contributed by atoms with van der Waals surface area (Å²) in [5, 5.41) is 3.26. The van der Waals surface area contributed by atoms with Crippen molar-refractivity contribution in [3.8, 4) is 0 Å². The lowest BCUT2D eigenvalue weighted by Gasteiger charge is -2.25. The van der Waals surface area contributed by atoms with Gasteiger partial charge in [-0.25, -0.2) is 4.98 Å². The summed E-state index contributed by atoms with van der Waals surface area (Å²) in [6, 6.07) is 0. The number of guanidine groups is 1. The topological polar surface area (TPSA) is 56.3 Å². The summed E-state index contributed by atoms with van der Waals surface area (Å²) >= 11 is 0. The van der Waals surface area contributed by atoms with Crippen LogP contribution in [0.1, 0.15) is 12.2 Å². The number of imidazole rings is 1. The van der Waals surface area contributed by atoms with Crippen LogP contribution in [0.5, 0.6) is 0 Å². The normalized spacial score (nSPS) is 16.6. The monoisotopic (exact) mass is 193 g/mol. The van der Waals surface area contributed by atoms with E-state index in [9.17, 15) is 0 Å². The molecule has 0 aliphatic carbocycles. The van der Waals surface area contributed by atoms with Gasteiger partial charge < -0.3 is 15.2 Å². The van der Waals surface area contributed by atoms with Gasteiger partial charge in [-0.1, -0.05) is 0 Å². The van der Waals surface area contributed by atoms with Gasteiger partial charge in [0.15, 0.2) is 5.96 Å². The maximum atomic E-state index is 4.40. The van der Waals surface area contributed by atoms with Crippen molar-refractivity contribution in [2.75, 3.05) is 20.1 Å². The third-order valence-corrected chi connectivity index (χ3v) is 2.24. The highest BCUT2D eigenvalue weighted by molar-refractivity contribution is 5.80. The predicted molar refractivity (Wildman–Crippen MR) is 55.0 cm³/mol. The van der Waals surface area contributed by atoms with Crippen LogP contribution in [0.4, 0.5) is 0 Å². The molecule has 5 nitrogen and oxygen atoms in total. The largest absolute Gasteiger partial charge is 0.349 e. The van der Waals surface area contributed by atoms with Crippen molar-refractivity contribution in [2.45, 2.75) is 13.0 Å². The number of hydrogen-bond donors (Lipinski definition) is 2. The van der Waals surface area contributed by atoms with Crippen LogP contribution in [0.2, 0.25) is 0 Å². The van der Waals surface area contributed by atoms with E-state index >= 15 is 0 Å². The number of nitrogens with zero attached hydrogens (tertiary/aromatic N) is 3. The Labute approximate surface area is 83.2 Å². The average Bonchev–Trinajstić information content (AvgIpc) is 2.69. The second kappa shape index (κ2) is 4.13. The molecule has 0 spiro atoms. The zero-order chi connectivity index (χ0) is 9.80. The van der Waals surface area contributed by atoms with Gasteiger partial charge in [-0.2, -0.15) is 0 Å². The molecule has 0 amide bonds. The number of hydrogen-bond acceptors (Lipinski definition) is 4. The fourth-order valence-electron chi connectivity index (χ4n) is 1.47. The highest BCUT2D eigenvalue weighted by Gasteiger charge is 2.09. The van der Waals surface area contributed by atoms with Crippen LogP contribution >= 0.6 is 0 Å². The molecule has 0 atom stereocenters. The van der Waals surface area contributed by atoms with E-state index in [1.165, 1.54) is 0 Å². The van der Waals surface area contributed by atoms with Crippen molar-refractivity contribution in [1.29, 1.82) is 0 Å². The Hall–Kier alpha value is -1.52. The predicted octanol–water partition coefficient (Wildman–Crippen LogP) is 0.191. The van der Waals surface area contributed by atoms with Gasteiger partial charge in [0.2, 0.25) is 0 Å². The molecule has 76 valence electrons. The van der Waals surface area contributed by atoms with E-state index in [4.69, 9.17) is 0 Å². The first-order valence-corrected chi connectivity index (χ1v) is 4.84. The molecule has 2 rings (SSSR count). The Balaban J connectivity index is 1.88. The zero-order valence-electron chi connectivity index (χ0n) is 8.32. The van der Waals surface area contributed by atoms with Crippen LogP contribution in [-0.4, -0.2) is 41.0 Å². The summed E-state index contributed by atoms with van der Waals surface area (Å²) in [5.74, 6) is 1.90. The SMILES string of the molecule is CN1CCCN=C1NCc1ncc[nH]1. The quantitative estimate of drug-likeness (QED) is 0.705. The van der Waals surface area contributed by atoms with E-state index in [2.05, 4.69) is 25.2 Å². The highest BCUT2D eigenvalue weighted by Crippen LogP contribution is 1.98. The summed E-state index contributed by atoms with van der Waals surface area (Å²) in [6.07, 6.45) is 4.72. The number of aromatic amines is 1. The van der Waals surface area contributed by atoms with E-state index in [1.54, 1.807) is 6.20 Å². The van der Waals surface area contributed by atoms with Gasteiger partial charge in [0.05, 0.1) is 6.54 Å². The second-order valence-electron chi connectivity index (χ2n) is 3.37. The third-order valence-electron chi connectivity index (χ3n) is 2.24. The zero-order valence-corrected chi connectivity index (χ0v) is 8.32. The molecule has 0 unspecified atom stereocenters. The molecule has 2 N–H and O–H groups in total. The maximum Gasteiger partial charge on any atom is 0.194 e. The molecule has 0 bridgehead atoms. The molecule has 0 radical (unpaired) electrons. The lowest BCUT2D eigenvalue weighted by Crippen LogP contribution is -2.41. The number of nitrogens with one attached hydrogen (secondary N) is 2. The first kappa shape index (κ1) is 9.05. The molecule has 1 aromatic heterocycles. The summed E-state index contributed by atoms with van der Waals surface area (Å²) in [5.41, 5.74) is 0.